The van der Waals surface area contributed by atoms with Crippen LogP contribution >= 0.6 is 0 Å². The van der Waals surface area contributed by atoms with Crippen LogP contribution in [0.2, 0.25) is 0 Å². The van der Waals surface area contributed by atoms with E-state index in [1.807, 2.05) is 44.2 Å². The van der Waals surface area contributed by atoms with Crippen LogP contribution in [-0.4, -0.2) is 0 Å². The van der Waals surface area contributed by atoms with Crippen molar-refractivity contribution in [1.82, 2.24) is 0 Å². The molecule has 0 aliphatic carbocycles. The number of hydrogen-bond donors (Lipinski definition) is 0. The quantitative estimate of drug-likeness (QED) is 0.496. The Morgan fingerprint density at radius 1 is 0.840 bits per heavy atom. The van der Waals surface area contributed by atoms with Gasteiger partial charge in [-0.15, -0.1) is 0 Å². The van der Waals surface area contributed by atoms with E-state index < -0.39 is 0 Å². The van der Waals surface area contributed by atoms with Crippen LogP contribution in [0.15, 0.2) is 67.8 Å². The summed E-state index contributed by atoms with van der Waals surface area (Å²) >= 11 is 0. The number of allylic oxidation sites excluding steroid dienone is 4. The minimum atomic E-state index is -0.229. The summed E-state index contributed by atoms with van der Waals surface area (Å²) in [6.45, 7) is 15.7. The van der Waals surface area contributed by atoms with E-state index in [0.717, 1.165) is 22.3 Å². The van der Waals surface area contributed by atoms with Gasteiger partial charge in [0.15, 0.2) is 0 Å². The number of halogens is 1. The highest BCUT2D eigenvalue weighted by atomic mass is 19.1. The summed E-state index contributed by atoms with van der Waals surface area (Å²) in [5, 5.41) is 0. The molecule has 0 amide bonds. The molecule has 0 N–H and O–H groups in total. The van der Waals surface area contributed by atoms with Crippen LogP contribution in [0.5, 0.6) is 0 Å². The van der Waals surface area contributed by atoms with Gasteiger partial charge in [-0.2, -0.15) is 0 Å². The Balaban J connectivity index is 0.00000151. The lowest BCUT2D eigenvalue weighted by Crippen LogP contribution is -1.95. The fraction of sp³-hybridized carbons (Fsp3) is 0.167. The lowest BCUT2D eigenvalue weighted by Gasteiger charge is -2.15. The molecule has 25 heavy (non-hydrogen) atoms. The first kappa shape index (κ1) is 20.4. The van der Waals surface area contributed by atoms with Crippen LogP contribution in [-0.2, 0) is 0 Å². The topological polar surface area (TPSA) is 0 Å². The SMILES string of the molecule is C=C/C=C\c1cc(-c2ccc(F)cc2)c(/C=C\C=C)c(C)c1C.CC. The van der Waals surface area contributed by atoms with Gasteiger partial charge in [-0.1, -0.05) is 75.6 Å². The van der Waals surface area contributed by atoms with E-state index in [9.17, 15) is 4.39 Å². The molecule has 0 spiro atoms. The summed E-state index contributed by atoms with van der Waals surface area (Å²) in [6, 6.07) is 8.74. The average Bonchev–Trinajstić information content (AvgIpc) is 2.64. The van der Waals surface area contributed by atoms with Gasteiger partial charge >= 0.3 is 0 Å². The van der Waals surface area contributed by atoms with E-state index >= 15 is 0 Å². The minimum Gasteiger partial charge on any atom is -0.207 e. The Hall–Kier alpha value is -2.67. The fourth-order valence-corrected chi connectivity index (χ4v) is 2.55. The van der Waals surface area contributed by atoms with Crippen molar-refractivity contribution in [3.8, 4) is 11.1 Å². The Labute approximate surface area is 151 Å². The second-order valence-corrected chi connectivity index (χ2v) is 5.37. The van der Waals surface area contributed by atoms with E-state index in [1.165, 1.54) is 23.3 Å². The van der Waals surface area contributed by atoms with Crippen molar-refractivity contribution in [1.29, 1.82) is 0 Å². The van der Waals surface area contributed by atoms with Gasteiger partial charge < -0.3 is 0 Å². The highest BCUT2D eigenvalue weighted by Crippen LogP contribution is 2.32. The Morgan fingerprint density at radius 2 is 1.40 bits per heavy atom. The molecule has 2 aromatic rings. The highest BCUT2D eigenvalue weighted by Gasteiger charge is 2.11. The van der Waals surface area contributed by atoms with Gasteiger partial charge in [-0.05, 0) is 65.4 Å². The molecule has 0 heterocycles. The normalized spacial score (nSPS) is 10.6. The van der Waals surface area contributed by atoms with Gasteiger partial charge in [0.25, 0.3) is 0 Å². The van der Waals surface area contributed by atoms with Crippen molar-refractivity contribution in [3.05, 3.63) is 95.9 Å². The van der Waals surface area contributed by atoms with Gasteiger partial charge in [-0.25, -0.2) is 4.39 Å². The first-order valence-corrected chi connectivity index (χ1v) is 8.56. The zero-order valence-corrected chi connectivity index (χ0v) is 15.6. The van der Waals surface area contributed by atoms with Gasteiger partial charge in [0.2, 0.25) is 0 Å². The molecule has 0 aliphatic heterocycles. The molecule has 1 heteroatoms. The monoisotopic (exact) mass is 334 g/mol. The van der Waals surface area contributed by atoms with E-state index in [-0.39, 0.29) is 5.82 Å². The first-order chi connectivity index (χ1) is 12.1. The lowest BCUT2D eigenvalue weighted by atomic mass is 9.89. The summed E-state index contributed by atoms with van der Waals surface area (Å²) < 4.78 is 13.2. The zero-order valence-electron chi connectivity index (χ0n) is 15.6. The summed E-state index contributed by atoms with van der Waals surface area (Å²) in [4.78, 5) is 0. The molecule has 0 aliphatic rings. The maximum Gasteiger partial charge on any atom is 0.123 e. The van der Waals surface area contributed by atoms with Gasteiger partial charge in [0.05, 0.1) is 0 Å². The molecule has 2 aromatic carbocycles. The molecule has 0 radical (unpaired) electrons. The largest absolute Gasteiger partial charge is 0.207 e. The zero-order chi connectivity index (χ0) is 18.8. The molecule has 0 nitrogen and oxygen atoms in total. The molecule has 0 saturated carbocycles. The Bertz CT molecular complexity index is 775. The average molecular weight is 334 g/mol. The van der Waals surface area contributed by atoms with Crippen LogP contribution in [0, 0.1) is 19.7 Å². The molecule has 0 aromatic heterocycles. The minimum absolute atomic E-state index is 0.229. The predicted octanol–water partition coefficient (Wildman–Crippen LogP) is 7.53. The molecule has 0 atom stereocenters. The van der Waals surface area contributed by atoms with Crippen molar-refractivity contribution in [2.24, 2.45) is 0 Å². The van der Waals surface area contributed by atoms with E-state index in [4.69, 9.17) is 0 Å². The van der Waals surface area contributed by atoms with Crippen LogP contribution in [0.3, 0.4) is 0 Å². The summed E-state index contributed by atoms with van der Waals surface area (Å²) in [5.41, 5.74) is 6.76. The van der Waals surface area contributed by atoms with E-state index in [0.29, 0.717) is 0 Å². The standard InChI is InChI=1S/C22H21F.C2H6/c1-5-7-9-19-15-22(18-11-13-20(23)14-12-18)21(10-8-6-2)17(4)16(19)3;1-2/h5-15H,1-2H2,3-4H3;1-2H3/b9-7-,10-8-;. The van der Waals surface area contributed by atoms with Crippen molar-refractivity contribution >= 4 is 12.2 Å². The van der Waals surface area contributed by atoms with Crippen molar-refractivity contribution in [2.45, 2.75) is 27.7 Å². The second kappa shape index (κ2) is 10.2. The van der Waals surface area contributed by atoms with Gasteiger partial charge in [-0.3, -0.25) is 0 Å². The lowest BCUT2D eigenvalue weighted by molar-refractivity contribution is 0.628. The number of benzene rings is 2. The predicted molar refractivity (Wildman–Crippen MR) is 111 cm³/mol. The van der Waals surface area contributed by atoms with Crippen LogP contribution in [0.4, 0.5) is 4.39 Å². The summed E-state index contributed by atoms with van der Waals surface area (Å²) in [5.74, 6) is -0.229. The third kappa shape index (κ3) is 5.15. The second-order valence-electron chi connectivity index (χ2n) is 5.37. The molecule has 130 valence electrons. The van der Waals surface area contributed by atoms with Crippen molar-refractivity contribution in [2.75, 3.05) is 0 Å². The van der Waals surface area contributed by atoms with E-state index in [1.54, 1.807) is 12.2 Å². The Morgan fingerprint density at radius 3 is 1.96 bits per heavy atom. The Kier molecular flexibility index (Phi) is 8.35. The molecule has 0 unspecified atom stereocenters. The maximum absolute atomic E-state index is 13.2. The number of rotatable bonds is 5. The highest BCUT2D eigenvalue weighted by molar-refractivity contribution is 5.81. The molecule has 0 bridgehead atoms. The number of hydrogen-bond acceptors (Lipinski definition) is 0. The van der Waals surface area contributed by atoms with E-state index in [2.05, 4.69) is 39.1 Å². The summed E-state index contributed by atoms with van der Waals surface area (Å²) in [6.07, 6.45) is 11.5. The van der Waals surface area contributed by atoms with Crippen molar-refractivity contribution < 1.29 is 4.39 Å². The molecular weight excluding hydrogens is 307 g/mol. The maximum atomic E-state index is 13.2. The molecule has 2 rings (SSSR count). The molecule has 0 saturated heterocycles. The van der Waals surface area contributed by atoms with Gasteiger partial charge in [0.1, 0.15) is 5.82 Å². The first-order valence-electron chi connectivity index (χ1n) is 8.56. The molecular formula is C24H27F. The third-order valence-corrected chi connectivity index (χ3v) is 3.96. The smallest absolute Gasteiger partial charge is 0.123 e. The van der Waals surface area contributed by atoms with Crippen LogP contribution in [0.1, 0.15) is 36.1 Å². The van der Waals surface area contributed by atoms with Crippen LogP contribution < -0.4 is 0 Å². The third-order valence-electron chi connectivity index (χ3n) is 3.96. The van der Waals surface area contributed by atoms with Crippen molar-refractivity contribution in [3.63, 3.8) is 0 Å². The summed E-state index contributed by atoms with van der Waals surface area (Å²) in [7, 11) is 0. The molecule has 0 fully saturated rings. The fourth-order valence-electron chi connectivity index (χ4n) is 2.55. The van der Waals surface area contributed by atoms with Crippen LogP contribution in [0.25, 0.3) is 23.3 Å². The van der Waals surface area contributed by atoms with Gasteiger partial charge in [0, 0.05) is 0 Å².